The van der Waals surface area contributed by atoms with Crippen LogP contribution in [0.2, 0.25) is 0 Å². The molecule has 2 heteroatoms. The zero-order chi connectivity index (χ0) is 11.2. The standard InChI is InChI=1S/C12H24O2/c1-10(2)9-13-11(3)7-8-14-12(4,5)6/h8,10-11H,3,7,9H2,1-2,4-6H3. The second kappa shape index (κ2) is 6.41. The number of rotatable bonds is 6. The molecule has 0 aromatic heterocycles. The molecule has 84 valence electrons. The molecule has 0 spiro atoms. The van der Waals surface area contributed by atoms with E-state index in [-0.39, 0.29) is 11.7 Å². The summed E-state index contributed by atoms with van der Waals surface area (Å²) in [5.41, 5.74) is -0.113. The highest BCUT2D eigenvalue weighted by molar-refractivity contribution is 4.70. The van der Waals surface area contributed by atoms with Crippen molar-refractivity contribution < 1.29 is 9.47 Å². The van der Waals surface area contributed by atoms with E-state index in [1.807, 2.05) is 20.8 Å². The summed E-state index contributed by atoms with van der Waals surface area (Å²) in [7, 11) is 0. The van der Waals surface area contributed by atoms with E-state index < -0.39 is 0 Å². The van der Waals surface area contributed by atoms with Crippen molar-refractivity contribution >= 4 is 0 Å². The van der Waals surface area contributed by atoms with Gasteiger partial charge in [0.05, 0.1) is 18.3 Å². The Morgan fingerprint density at radius 1 is 1.29 bits per heavy atom. The number of ether oxygens (including phenoxy) is 2. The maximum atomic E-state index is 5.50. The Bertz CT molecular complexity index is 136. The summed E-state index contributed by atoms with van der Waals surface area (Å²) in [6, 6.07) is 0. The Balaban J connectivity index is 3.40. The molecule has 0 amide bonds. The molecule has 2 radical (unpaired) electrons. The van der Waals surface area contributed by atoms with Gasteiger partial charge in [0.1, 0.15) is 0 Å². The molecule has 14 heavy (non-hydrogen) atoms. The number of hydrogen-bond donors (Lipinski definition) is 0. The third-order valence-corrected chi connectivity index (χ3v) is 1.46. The van der Waals surface area contributed by atoms with Gasteiger partial charge in [-0.2, -0.15) is 0 Å². The van der Waals surface area contributed by atoms with E-state index in [2.05, 4.69) is 20.8 Å². The van der Waals surface area contributed by atoms with E-state index in [9.17, 15) is 0 Å². The maximum absolute atomic E-state index is 5.50. The van der Waals surface area contributed by atoms with Crippen molar-refractivity contribution in [1.29, 1.82) is 0 Å². The second-order valence-corrected chi connectivity index (χ2v) is 4.98. The molecule has 2 nitrogen and oxygen atoms in total. The SMILES string of the molecule is [CH2]C(C[CH]OC(C)(C)C)OCC(C)C. The van der Waals surface area contributed by atoms with Crippen LogP contribution in [0.4, 0.5) is 0 Å². The first-order valence-electron chi connectivity index (χ1n) is 5.25. The quantitative estimate of drug-likeness (QED) is 0.655. The van der Waals surface area contributed by atoms with Crippen LogP contribution in [0, 0.1) is 19.4 Å². The highest BCUT2D eigenvalue weighted by atomic mass is 16.5. The largest absolute Gasteiger partial charge is 0.378 e. The fourth-order valence-electron chi connectivity index (χ4n) is 0.802. The minimum Gasteiger partial charge on any atom is -0.378 e. The van der Waals surface area contributed by atoms with E-state index in [0.29, 0.717) is 5.92 Å². The topological polar surface area (TPSA) is 18.5 Å². The monoisotopic (exact) mass is 200 g/mol. The summed E-state index contributed by atoms with van der Waals surface area (Å²) < 4.78 is 11.0. The molecule has 0 aliphatic heterocycles. The maximum Gasteiger partial charge on any atom is 0.0869 e. The average Bonchev–Trinajstić information content (AvgIpc) is 1.98. The first-order chi connectivity index (χ1) is 6.31. The van der Waals surface area contributed by atoms with Crippen LogP contribution in [0.3, 0.4) is 0 Å². The van der Waals surface area contributed by atoms with Crippen molar-refractivity contribution in [3.05, 3.63) is 13.5 Å². The summed E-state index contributed by atoms with van der Waals surface area (Å²) in [6.45, 7) is 16.8. The van der Waals surface area contributed by atoms with Crippen LogP contribution in [0.1, 0.15) is 41.0 Å². The van der Waals surface area contributed by atoms with Gasteiger partial charge in [0, 0.05) is 13.0 Å². The molecule has 0 bridgehead atoms. The molecule has 0 aliphatic rings. The molecular formula is C12H24O2. The van der Waals surface area contributed by atoms with Crippen molar-refractivity contribution in [3.8, 4) is 0 Å². The molecule has 0 fully saturated rings. The predicted octanol–water partition coefficient (Wildman–Crippen LogP) is 3.23. The Labute approximate surface area is 89.0 Å². The zero-order valence-corrected chi connectivity index (χ0v) is 10.2. The Hall–Kier alpha value is -0.0800. The first kappa shape index (κ1) is 13.9. The molecule has 0 saturated carbocycles. The highest BCUT2D eigenvalue weighted by Crippen LogP contribution is 2.12. The second-order valence-electron chi connectivity index (χ2n) is 4.98. The van der Waals surface area contributed by atoms with Crippen molar-refractivity contribution in [2.24, 2.45) is 5.92 Å². The first-order valence-corrected chi connectivity index (χ1v) is 5.25. The van der Waals surface area contributed by atoms with Gasteiger partial charge in [0.2, 0.25) is 0 Å². The van der Waals surface area contributed by atoms with E-state index in [4.69, 9.17) is 9.47 Å². The van der Waals surface area contributed by atoms with Crippen molar-refractivity contribution in [2.75, 3.05) is 6.61 Å². The zero-order valence-electron chi connectivity index (χ0n) is 10.2. The lowest BCUT2D eigenvalue weighted by Gasteiger charge is -2.21. The summed E-state index contributed by atoms with van der Waals surface area (Å²) in [5, 5.41) is 0. The highest BCUT2D eigenvalue weighted by Gasteiger charge is 2.11. The van der Waals surface area contributed by atoms with Gasteiger partial charge in [0.25, 0.3) is 0 Å². The molecule has 1 unspecified atom stereocenters. The third kappa shape index (κ3) is 10.0. The fraction of sp³-hybridized carbons (Fsp3) is 0.833. The normalized spacial score (nSPS) is 14.8. The lowest BCUT2D eigenvalue weighted by atomic mass is 10.2. The van der Waals surface area contributed by atoms with Crippen molar-refractivity contribution in [3.63, 3.8) is 0 Å². The van der Waals surface area contributed by atoms with Crippen molar-refractivity contribution in [2.45, 2.75) is 52.7 Å². The van der Waals surface area contributed by atoms with Crippen LogP contribution in [-0.4, -0.2) is 18.3 Å². The van der Waals surface area contributed by atoms with Crippen LogP contribution in [0.15, 0.2) is 0 Å². The Morgan fingerprint density at radius 2 is 1.86 bits per heavy atom. The van der Waals surface area contributed by atoms with Gasteiger partial charge in [-0.3, -0.25) is 0 Å². The van der Waals surface area contributed by atoms with E-state index in [0.717, 1.165) is 13.0 Å². The van der Waals surface area contributed by atoms with Crippen molar-refractivity contribution in [1.82, 2.24) is 0 Å². The van der Waals surface area contributed by atoms with Gasteiger partial charge in [-0.15, -0.1) is 0 Å². The third-order valence-electron chi connectivity index (χ3n) is 1.46. The average molecular weight is 200 g/mol. The minimum atomic E-state index is -0.113. The number of hydrogen-bond acceptors (Lipinski definition) is 2. The minimum absolute atomic E-state index is 0.000231. The van der Waals surface area contributed by atoms with E-state index in [1.54, 1.807) is 6.61 Å². The van der Waals surface area contributed by atoms with Gasteiger partial charge >= 0.3 is 0 Å². The van der Waals surface area contributed by atoms with Crippen LogP contribution >= 0.6 is 0 Å². The van der Waals surface area contributed by atoms with Gasteiger partial charge in [-0.25, -0.2) is 0 Å². The van der Waals surface area contributed by atoms with Gasteiger partial charge in [0.15, 0.2) is 0 Å². The Morgan fingerprint density at radius 3 is 2.29 bits per heavy atom. The van der Waals surface area contributed by atoms with Gasteiger partial charge in [-0.1, -0.05) is 13.8 Å². The molecule has 0 aliphatic carbocycles. The van der Waals surface area contributed by atoms with Crippen LogP contribution < -0.4 is 0 Å². The van der Waals surface area contributed by atoms with Crippen LogP contribution in [0.5, 0.6) is 0 Å². The lowest BCUT2D eigenvalue weighted by molar-refractivity contribution is 0.01000. The molecule has 0 aromatic rings. The molecule has 0 aromatic carbocycles. The lowest BCUT2D eigenvalue weighted by Crippen LogP contribution is -2.20. The fourth-order valence-corrected chi connectivity index (χ4v) is 0.802. The molecule has 0 heterocycles. The van der Waals surface area contributed by atoms with Crippen LogP contribution in [-0.2, 0) is 9.47 Å². The molecule has 0 N–H and O–H groups in total. The molecule has 0 rings (SSSR count). The van der Waals surface area contributed by atoms with Crippen LogP contribution in [0.25, 0.3) is 0 Å². The smallest absolute Gasteiger partial charge is 0.0869 e. The van der Waals surface area contributed by atoms with E-state index in [1.165, 1.54) is 0 Å². The molecular weight excluding hydrogens is 176 g/mol. The predicted molar refractivity (Wildman–Crippen MR) is 59.7 cm³/mol. The summed E-state index contributed by atoms with van der Waals surface area (Å²) in [4.78, 5) is 0. The summed E-state index contributed by atoms with van der Waals surface area (Å²) >= 11 is 0. The van der Waals surface area contributed by atoms with Gasteiger partial charge in [-0.05, 0) is 33.6 Å². The molecule has 1 atom stereocenters. The Kier molecular flexibility index (Phi) is 6.38. The van der Waals surface area contributed by atoms with Gasteiger partial charge < -0.3 is 9.47 Å². The summed E-state index contributed by atoms with van der Waals surface area (Å²) in [5.74, 6) is 0.558. The van der Waals surface area contributed by atoms with E-state index >= 15 is 0 Å². The molecule has 0 saturated heterocycles. The summed E-state index contributed by atoms with van der Waals surface area (Å²) in [6.07, 6.45) is 0.740.